The molecule has 1 aromatic heterocycles. The second-order valence-corrected chi connectivity index (χ2v) is 4.98. The molecule has 6 heteroatoms. The van der Waals surface area contributed by atoms with Crippen LogP contribution in [-0.4, -0.2) is 17.7 Å². The number of carbonyl (C=O) groups excluding carboxylic acids is 3. The van der Waals surface area contributed by atoms with Gasteiger partial charge in [0.25, 0.3) is 5.91 Å². The maximum absolute atomic E-state index is 12.4. The Balaban J connectivity index is 1.85. The molecule has 1 unspecified atom stereocenters. The number of furan rings is 1. The molecule has 0 aliphatic carbocycles. The zero-order valence-electron chi connectivity index (χ0n) is 11.9. The van der Waals surface area contributed by atoms with Gasteiger partial charge in [-0.25, -0.2) is 4.90 Å². The average Bonchev–Trinajstić information content (AvgIpc) is 3.09. The van der Waals surface area contributed by atoms with E-state index in [9.17, 15) is 14.4 Å². The Hall–Kier alpha value is -2.89. The molecule has 0 saturated heterocycles. The van der Waals surface area contributed by atoms with Crippen molar-refractivity contribution >= 4 is 23.4 Å². The third kappa shape index (κ3) is 2.28. The van der Waals surface area contributed by atoms with Gasteiger partial charge in [-0.2, -0.15) is 0 Å². The van der Waals surface area contributed by atoms with Crippen LogP contribution in [0.2, 0.25) is 0 Å². The third-order valence-electron chi connectivity index (χ3n) is 3.55. The van der Waals surface area contributed by atoms with Gasteiger partial charge in [0.15, 0.2) is 0 Å². The van der Waals surface area contributed by atoms with Gasteiger partial charge in [0, 0.05) is 6.92 Å². The maximum Gasteiger partial charge on any atom is 0.250 e. The number of hydrogen-bond acceptors (Lipinski definition) is 4. The summed E-state index contributed by atoms with van der Waals surface area (Å²) < 4.78 is 5.14. The van der Waals surface area contributed by atoms with E-state index in [1.807, 2.05) is 0 Å². The molecule has 0 spiro atoms. The molecule has 112 valence electrons. The van der Waals surface area contributed by atoms with E-state index in [1.54, 1.807) is 36.4 Å². The average molecular weight is 298 g/mol. The first kappa shape index (κ1) is 14.1. The third-order valence-corrected chi connectivity index (χ3v) is 3.55. The largest absolute Gasteiger partial charge is 0.467 e. The van der Waals surface area contributed by atoms with Crippen molar-refractivity contribution < 1.29 is 18.8 Å². The summed E-state index contributed by atoms with van der Waals surface area (Å²) in [5.74, 6) is -1.78. The molecule has 0 fully saturated rings. The molecule has 1 aliphatic rings. The first-order valence-corrected chi connectivity index (χ1v) is 6.83. The molecule has 1 aromatic carbocycles. The number of nitrogens with one attached hydrogen (secondary N) is 1. The molecule has 3 amide bonds. The van der Waals surface area contributed by atoms with E-state index in [-0.39, 0.29) is 6.54 Å². The fourth-order valence-electron chi connectivity index (χ4n) is 2.58. The molecular formula is C16H14N2O4. The predicted molar refractivity (Wildman–Crippen MR) is 77.9 cm³/mol. The van der Waals surface area contributed by atoms with Crippen molar-refractivity contribution in [1.82, 2.24) is 5.32 Å². The van der Waals surface area contributed by atoms with Crippen LogP contribution in [-0.2, 0) is 20.9 Å². The van der Waals surface area contributed by atoms with E-state index >= 15 is 0 Å². The van der Waals surface area contributed by atoms with E-state index in [0.717, 1.165) is 4.90 Å². The molecule has 1 atom stereocenters. The highest BCUT2D eigenvalue weighted by Crippen LogP contribution is 2.37. The van der Waals surface area contributed by atoms with E-state index in [0.29, 0.717) is 17.0 Å². The van der Waals surface area contributed by atoms with Gasteiger partial charge in [0.1, 0.15) is 11.7 Å². The molecule has 2 heterocycles. The lowest BCUT2D eigenvalue weighted by Gasteiger charge is -2.13. The number of fused-ring (bicyclic) bond motifs is 1. The molecule has 1 aliphatic heterocycles. The number of amides is 3. The highest BCUT2D eigenvalue weighted by atomic mass is 16.3. The normalized spacial score (nSPS) is 16.5. The highest BCUT2D eigenvalue weighted by molar-refractivity contribution is 6.26. The first-order valence-electron chi connectivity index (χ1n) is 6.83. The van der Waals surface area contributed by atoms with Gasteiger partial charge in [0.05, 0.1) is 18.5 Å². The smallest absolute Gasteiger partial charge is 0.250 e. The van der Waals surface area contributed by atoms with Crippen molar-refractivity contribution in [1.29, 1.82) is 0 Å². The molecule has 1 N–H and O–H groups in total. The standard InChI is InChI=1S/C16H14N2O4/c1-10(19)18-13-7-3-2-6-12(13)14(16(18)21)15(20)17-9-11-5-4-8-22-11/h2-8,14H,9H2,1H3,(H,17,20). The predicted octanol–water partition coefficient (Wildman–Crippen LogP) is 1.57. The van der Waals surface area contributed by atoms with Crippen LogP contribution in [0.5, 0.6) is 0 Å². The van der Waals surface area contributed by atoms with Crippen LogP contribution < -0.4 is 10.2 Å². The Morgan fingerprint density at radius 2 is 2.00 bits per heavy atom. The minimum absolute atomic E-state index is 0.192. The fourth-order valence-corrected chi connectivity index (χ4v) is 2.58. The van der Waals surface area contributed by atoms with Gasteiger partial charge in [0.2, 0.25) is 11.8 Å². The highest BCUT2D eigenvalue weighted by Gasteiger charge is 2.43. The van der Waals surface area contributed by atoms with Crippen molar-refractivity contribution in [2.45, 2.75) is 19.4 Å². The minimum atomic E-state index is -1.00. The van der Waals surface area contributed by atoms with Gasteiger partial charge < -0.3 is 9.73 Å². The summed E-state index contributed by atoms with van der Waals surface area (Å²) in [7, 11) is 0. The number of benzene rings is 1. The number of imide groups is 1. The Morgan fingerprint density at radius 1 is 1.23 bits per heavy atom. The van der Waals surface area contributed by atoms with Gasteiger partial charge >= 0.3 is 0 Å². The lowest BCUT2D eigenvalue weighted by atomic mass is 10.00. The Morgan fingerprint density at radius 3 is 2.68 bits per heavy atom. The topological polar surface area (TPSA) is 79.6 Å². The van der Waals surface area contributed by atoms with Crippen LogP contribution in [0.3, 0.4) is 0 Å². The molecule has 6 nitrogen and oxygen atoms in total. The second kappa shape index (κ2) is 5.48. The van der Waals surface area contributed by atoms with Gasteiger partial charge in [-0.3, -0.25) is 14.4 Å². The van der Waals surface area contributed by atoms with E-state index in [2.05, 4.69) is 5.32 Å². The van der Waals surface area contributed by atoms with Crippen molar-refractivity contribution in [2.24, 2.45) is 0 Å². The first-order chi connectivity index (χ1) is 10.6. The van der Waals surface area contributed by atoms with E-state index in [1.165, 1.54) is 13.2 Å². The summed E-state index contributed by atoms with van der Waals surface area (Å²) in [4.78, 5) is 37.5. The molecule has 0 radical (unpaired) electrons. The van der Waals surface area contributed by atoms with Crippen LogP contribution in [0.25, 0.3) is 0 Å². The monoisotopic (exact) mass is 298 g/mol. The number of anilines is 1. The summed E-state index contributed by atoms with van der Waals surface area (Å²) in [6, 6.07) is 10.3. The van der Waals surface area contributed by atoms with Gasteiger partial charge in [-0.05, 0) is 23.8 Å². The molecule has 2 aromatic rings. The summed E-state index contributed by atoms with van der Waals surface area (Å²) in [6.07, 6.45) is 1.51. The van der Waals surface area contributed by atoms with Crippen molar-refractivity contribution in [3.8, 4) is 0 Å². The Kier molecular flexibility index (Phi) is 3.50. The quantitative estimate of drug-likeness (QED) is 0.872. The zero-order valence-corrected chi connectivity index (χ0v) is 11.9. The SMILES string of the molecule is CC(=O)N1C(=O)C(C(=O)NCc2ccco2)c2ccccc21. The fraction of sp³-hybridized carbons (Fsp3) is 0.188. The number of para-hydroxylation sites is 1. The molecule has 0 saturated carbocycles. The van der Waals surface area contributed by atoms with Crippen LogP contribution >= 0.6 is 0 Å². The number of rotatable bonds is 3. The molecular weight excluding hydrogens is 284 g/mol. The zero-order chi connectivity index (χ0) is 15.7. The minimum Gasteiger partial charge on any atom is -0.467 e. The van der Waals surface area contributed by atoms with Crippen LogP contribution in [0, 0.1) is 0 Å². The summed E-state index contributed by atoms with van der Waals surface area (Å²) in [6.45, 7) is 1.50. The molecule has 0 bridgehead atoms. The lowest BCUT2D eigenvalue weighted by Crippen LogP contribution is -2.38. The lowest BCUT2D eigenvalue weighted by molar-refractivity contribution is -0.131. The van der Waals surface area contributed by atoms with E-state index in [4.69, 9.17) is 4.42 Å². The molecule has 3 rings (SSSR count). The van der Waals surface area contributed by atoms with Gasteiger partial charge in [-0.1, -0.05) is 18.2 Å². The summed E-state index contributed by atoms with van der Waals surface area (Å²) >= 11 is 0. The van der Waals surface area contributed by atoms with Crippen molar-refractivity contribution in [3.63, 3.8) is 0 Å². The second-order valence-electron chi connectivity index (χ2n) is 4.98. The van der Waals surface area contributed by atoms with Crippen molar-refractivity contribution in [2.75, 3.05) is 4.90 Å². The number of nitrogens with zero attached hydrogens (tertiary/aromatic N) is 1. The molecule has 22 heavy (non-hydrogen) atoms. The summed E-state index contributed by atoms with van der Waals surface area (Å²) in [5.41, 5.74) is 1.01. The van der Waals surface area contributed by atoms with E-state index < -0.39 is 23.6 Å². The van der Waals surface area contributed by atoms with Gasteiger partial charge in [-0.15, -0.1) is 0 Å². The number of hydrogen-bond donors (Lipinski definition) is 1. The Bertz CT molecular complexity index is 736. The van der Waals surface area contributed by atoms with Crippen LogP contribution in [0.4, 0.5) is 5.69 Å². The van der Waals surface area contributed by atoms with Crippen molar-refractivity contribution in [3.05, 3.63) is 54.0 Å². The maximum atomic E-state index is 12.4. The Labute approximate surface area is 126 Å². The number of carbonyl (C=O) groups is 3. The van der Waals surface area contributed by atoms with Crippen LogP contribution in [0.1, 0.15) is 24.2 Å². The summed E-state index contributed by atoms with van der Waals surface area (Å²) in [5, 5.41) is 2.67. The van der Waals surface area contributed by atoms with Crippen LogP contribution in [0.15, 0.2) is 47.1 Å².